The fraction of sp³-hybridized carbons (Fsp3) is 0.300. The molecule has 2 aromatic carbocycles. The van der Waals surface area contributed by atoms with Gasteiger partial charge in [-0.25, -0.2) is 0 Å². The zero-order valence-corrected chi connectivity index (χ0v) is 14.2. The fourth-order valence-corrected chi connectivity index (χ4v) is 2.82. The highest BCUT2D eigenvalue weighted by atomic mass is 16.5. The molecule has 1 amide bonds. The summed E-state index contributed by atoms with van der Waals surface area (Å²) in [6, 6.07) is 13.3. The van der Waals surface area contributed by atoms with E-state index in [-0.39, 0.29) is 18.3 Å². The lowest BCUT2D eigenvalue weighted by Crippen LogP contribution is -2.27. The molecule has 2 aromatic rings. The quantitative estimate of drug-likeness (QED) is 0.641. The van der Waals surface area contributed by atoms with Crippen LogP contribution in [-0.2, 0) is 9.59 Å². The number of rotatable bonds is 3. The summed E-state index contributed by atoms with van der Waals surface area (Å²) in [5.41, 5.74) is 4.18. The van der Waals surface area contributed by atoms with Gasteiger partial charge in [-0.3, -0.25) is 9.59 Å². The van der Waals surface area contributed by atoms with Gasteiger partial charge in [0.1, 0.15) is 5.75 Å². The Morgan fingerprint density at radius 1 is 1.04 bits per heavy atom. The molecule has 1 fully saturated rings. The van der Waals surface area contributed by atoms with Gasteiger partial charge >= 0.3 is 5.97 Å². The molecule has 0 unspecified atom stereocenters. The summed E-state index contributed by atoms with van der Waals surface area (Å²) < 4.78 is 5.47. The van der Waals surface area contributed by atoms with E-state index in [4.69, 9.17) is 4.74 Å². The van der Waals surface area contributed by atoms with E-state index in [0.717, 1.165) is 22.4 Å². The van der Waals surface area contributed by atoms with Crippen molar-refractivity contribution in [2.45, 2.75) is 27.2 Å². The Balaban J connectivity index is 1.69. The second-order valence-electron chi connectivity index (χ2n) is 6.41. The lowest BCUT2D eigenvalue weighted by molar-refractivity contribution is -0.139. The Morgan fingerprint density at radius 2 is 1.75 bits per heavy atom. The Morgan fingerprint density at radius 3 is 2.42 bits per heavy atom. The third-order valence-electron chi connectivity index (χ3n) is 4.50. The molecule has 0 N–H and O–H groups in total. The van der Waals surface area contributed by atoms with E-state index in [9.17, 15) is 9.59 Å². The molecule has 1 aliphatic heterocycles. The van der Waals surface area contributed by atoms with Crippen LogP contribution in [0.3, 0.4) is 0 Å². The van der Waals surface area contributed by atoms with Crippen LogP contribution in [0.25, 0.3) is 0 Å². The van der Waals surface area contributed by atoms with Crippen molar-refractivity contribution in [1.29, 1.82) is 0 Å². The minimum atomic E-state index is -0.430. The van der Waals surface area contributed by atoms with Crippen molar-refractivity contribution in [2.75, 3.05) is 11.4 Å². The SMILES string of the molecule is Cc1ccc(N2C[C@H](C(=O)Oc3ccc(C)c(C)c3)CC2=O)cc1. The summed E-state index contributed by atoms with van der Waals surface area (Å²) in [5.74, 6) is -0.285. The Bertz CT molecular complexity index is 780. The van der Waals surface area contributed by atoms with Gasteiger partial charge in [-0.2, -0.15) is 0 Å². The molecule has 0 aromatic heterocycles. The first-order chi connectivity index (χ1) is 11.4. The van der Waals surface area contributed by atoms with Crippen LogP contribution in [0, 0.1) is 26.7 Å². The Labute approximate surface area is 142 Å². The lowest BCUT2D eigenvalue weighted by Gasteiger charge is -2.16. The summed E-state index contributed by atoms with van der Waals surface area (Å²) in [4.78, 5) is 26.3. The summed E-state index contributed by atoms with van der Waals surface area (Å²) >= 11 is 0. The molecule has 1 atom stereocenters. The van der Waals surface area contributed by atoms with Crippen LogP contribution in [0.4, 0.5) is 5.69 Å². The first kappa shape index (κ1) is 16.2. The monoisotopic (exact) mass is 323 g/mol. The summed E-state index contributed by atoms with van der Waals surface area (Å²) in [6.07, 6.45) is 0.192. The molecule has 0 radical (unpaired) electrons. The van der Waals surface area contributed by atoms with E-state index in [2.05, 4.69) is 0 Å². The zero-order chi connectivity index (χ0) is 17.3. The van der Waals surface area contributed by atoms with Crippen LogP contribution in [0.2, 0.25) is 0 Å². The minimum absolute atomic E-state index is 0.0408. The van der Waals surface area contributed by atoms with Crippen LogP contribution in [0.5, 0.6) is 5.75 Å². The molecule has 0 bridgehead atoms. The normalized spacial score (nSPS) is 17.2. The predicted molar refractivity (Wildman–Crippen MR) is 93.2 cm³/mol. The summed E-state index contributed by atoms with van der Waals surface area (Å²) in [6.45, 7) is 6.35. The van der Waals surface area contributed by atoms with Gasteiger partial charge in [0, 0.05) is 18.7 Å². The molecule has 24 heavy (non-hydrogen) atoms. The average molecular weight is 323 g/mol. The number of hydrogen-bond donors (Lipinski definition) is 0. The lowest BCUT2D eigenvalue weighted by atomic mass is 10.1. The first-order valence-electron chi connectivity index (χ1n) is 8.10. The maximum absolute atomic E-state index is 12.4. The van der Waals surface area contributed by atoms with E-state index in [1.807, 2.05) is 57.2 Å². The molecule has 4 nitrogen and oxygen atoms in total. The molecular formula is C20H21NO3. The van der Waals surface area contributed by atoms with Crippen molar-refractivity contribution in [3.63, 3.8) is 0 Å². The number of anilines is 1. The van der Waals surface area contributed by atoms with Gasteiger partial charge in [0.15, 0.2) is 0 Å². The van der Waals surface area contributed by atoms with Crippen LogP contribution in [0.1, 0.15) is 23.1 Å². The van der Waals surface area contributed by atoms with Gasteiger partial charge in [-0.15, -0.1) is 0 Å². The number of esters is 1. The van der Waals surface area contributed by atoms with Gasteiger partial charge in [0.25, 0.3) is 0 Å². The number of hydrogen-bond acceptors (Lipinski definition) is 3. The molecule has 0 aliphatic carbocycles. The second kappa shape index (κ2) is 6.48. The highest BCUT2D eigenvalue weighted by molar-refractivity contribution is 5.99. The number of ether oxygens (including phenoxy) is 1. The number of carbonyl (C=O) groups excluding carboxylic acids is 2. The molecule has 1 heterocycles. The molecule has 0 saturated carbocycles. The van der Waals surface area contributed by atoms with Gasteiger partial charge in [0.05, 0.1) is 5.92 Å². The number of carbonyl (C=O) groups is 2. The molecule has 1 aliphatic rings. The molecule has 3 rings (SSSR count). The van der Waals surface area contributed by atoms with Gasteiger partial charge < -0.3 is 9.64 Å². The van der Waals surface area contributed by atoms with Crippen LogP contribution >= 0.6 is 0 Å². The highest BCUT2D eigenvalue weighted by Crippen LogP contribution is 2.27. The molecular weight excluding hydrogens is 302 g/mol. The van der Waals surface area contributed by atoms with Crippen molar-refractivity contribution >= 4 is 17.6 Å². The van der Waals surface area contributed by atoms with Crippen molar-refractivity contribution < 1.29 is 14.3 Å². The topological polar surface area (TPSA) is 46.6 Å². The number of benzene rings is 2. The van der Waals surface area contributed by atoms with Gasteiger partial charge in [-0.05, 0) is 56.2 Å². The maximum Gasteiger partial charge on any atom is 0.316 e. The van der Waals surface area contributed by atoms with E-state index >= 15 is 0 Å². The van der Waals surface area contributed by atoms with Crippen molar-refractivity contribution in [2.24, 2.45) is 5.92 Å². The third kappa shape index (κ3) is 3.32. The smallest absolute Gasteiger partial charge is 0.316 e. The molecule has 1 saturated heterocycles. The number of nitrogens with zero attached hydrogens (tertiary/aromatic N) is 1. The van der Waals surface area contributed by atoms with Gasteiger partial charge in [-0.1, -0.05) is 23.8 Å². The summed E-state index contributed by atoms with van der Waals surface area (Å²) in [7, 11) is 0. The highest BCUT2D eigenvalue weighted by Gasteiger charge is 2.36. The van der Waals surface area contributed by atoms with Crippen molar-refractivity contribution in [3.05, 3.63) is 59.2 Å². The largest absolute Gasteiger partial charge is 0.426 e. The second-order valence-corrected chi connectivity index (χ2v) is 6.41. The number of amides is 1. The molecule has 4 heteroatoms. The van der Waals surface area contributed by atoms with E-state index in [1.165, 1.54) is 0 Å². The van der Waals surface area contributed by atoms with Crippen molar-refractivity contribution in [3.8, 4) is 5.75 Å². The summed E-state index contributed by atoms with van der Waals surface area (Å²) in [5, 5.41) is 0. The number of aryl methyl sites for hydroxylation is 3. The third-order valence-corrected chi connectivity index (χ3v) is 4.50. The van der Waals surface area contributed by atoms with Crippen LogP contribution < -0.4 is 9.64 Å². The Kier molecular flexibility index (Phi) is 4.38. The van der Waals surface area contributed by atoms with E-state index < -0.39 is 5.92 Å². The standard InChI is InChI=1S/C20H21NO3/c1-13-4-7-17(8-5-13)21-12-16(11-19(21)22)20(23)24-18-9-6-14(2)15(3)10-18/h4-10,16H,11-12H2,1-3H3/t16-/m1/s1. The molecule has 124 valence electrons. The van der Waals surface area contributed by atoms with Crippen LogP contribution in [-0.4, -0.2) is 18.4 Å². The fourth-order valence-electron chi connectivity index (χ4n) is 2.82. The predicted octanol–water partition coefficient (Wildman–Crippen LogP) is 3.57. The average Bonchev–Trinajstić information content (AvgIpc) is 2.94. The minimum Gasteiger partial charge on any atom is -0.426 e. The van der Waals surface area contributed by atoms with Crippen LogP contribution in [0.15, 0.2) is 42.5 Å². The van der Waals surface area contributed by atoms with Gasteiger partial charge in [0.2, 0.25) is 5.91 Å². The maximum atomic E-state index is 12.4. The Hall–Kier alpha value is -2.62. The van der Waals surface area contributed by atoms with E-state index in [1.54, 1.807) is 11.0 Å². The first-order valence-corrected chi connectivity index (χ1v) is 8.10. The zero-order valence-electron chi connectivity index (χ0n) is 14.2. The van der Waals surface area contributed by atoms with E-state index in [0.29, 0.717) is 12.3 Å². The van der Waals surface area contributed by atoms with Crippen molar-refractivity contribution in [1.82, 2.24) is 0 Å². The molecule has 0 spiro atoms.